The van der Waals surface area contributed by atoms with E-state index < -0.39 is 10.0 Å². The molecule has 16 heavy (non-hydrogen) atoms. The molecule has 0 radical (unpaired) electrons. The zero-order valence-corrected chi connectivity index (χ0v) is 10.3. The lowest BCUT2D eigenvalue weighted by Crippen LogP contribution is -2.27. The molecule has 1 aromatic carbocycles. The van der Waals surface area contributed by atoms with Gasteiger partial charge in [0.2, 0.25) is 0 Å². The maximum absolute atomic E-state index is 12.2. The number of nitrogens with zero attached hydrogens (tertiary/aromatic N) is 1. The number of sulfonamides is 1. The highest BCUT2D eigenvalue weighted by atomic mass is 32.2. The summed E-state index contributed by atoms with van der Waals surface area (Å²) in [6, 6.07) is 6.97. The molecule has 0 unspecified atom stereocenters. The maximum atomic E-state index is 12.2. The standard InChI is InChI=1S/C12H15NO2S/c1-10-5-7-12(8-6-10)16(14,15)13-9-3-4-11(13)2/h4-8H,3,9H2,1-2H3. The molecule has 0 bridgehead atoms. The van der Waals surface area contributed by atoms with Gasteiger partial charge in [-0.1, -0.05) is 23.8 Å². The predicted octanol–water partition coefficient (Wildman–Crippen LogP) is 2.29. The summed E-state index contributed by atoms with van der Waals surface area (Å²) in [6.45, 7) is 4.33. The molecule has 3 nitrogen and oxygen atoms in total. The highest BCUT2D eigenvalue weighted by molar-refractivity contribution is 7.89. The highest BCUT2D eigenvalue weighted by Gasteiger charge is 2.26. The van der Waals surface area contributed by atoms with E-state index in [1.807, 2.05) is 32.1 Å². The van der Waals surface area contributed by atoms with Crippen molar-refractivity contribution in [2.24, 2.45) is 0 Å². The Kier molecular flexibility index (Phi) is 2.76. The number of aryl methyl sites for hydroxylation is 1. The lowest BCUT2D eigenvalue weighted by molar-refractivity contribution is 0.500. The summed E-state index contributed by atoms with van der Waals surface area (Å²) in [5.41, 5.74) is 1.88. The van der Waals surface area contributed by atoms with E-state index in [9.17, 15) is 8.42 Å². The normalized spacial score (nSPS) is 16.4. The Morgan fingerprint density at radius 3 is 2.25 bits per heavy atom. The first-order chi connectivity index (χ1) is 7.51. The van der Waals surface area contributed by atoms with Crippen molar-refractivity contribution < 1.29 is 8.42 Å². The highest BCUT2D eigenvalue weighted by Crippen LogP contribution is 2.24. The van der Waals surface area contributed by atoms with Crippen LogP contribution in [0, 0.1) is 6.92 Å². The van der Waals surface area contributed by atoms with E-state index in [0.29, 0.717) is 11.4 Å². The molecule has 0 saturated heterocycles. The Balaban J connectivity index is 2.39. The van der Waals surface area contributed by atoms with Crippen molar-refractivity contribution in [2.75, 3.05) is 6.54 Å². The maximum Gasteiger partial charge on any atom is 0.264 e. The molecule has 0 saturated carbocycles. The Bertz CT molecular complexity index is 514. The van der Waals surface area contributed by atoms with Gasteiger partial charge in [0, 0.05) is 12.2 Å². The molecule has 0 aromatic heterocycles. The van der Waals surface area contributed by atoms with Gasteiger partial charge in [0.1, 0.15) is 0 Å². The van der Waals surface area contributed by atoms with Crippen molar-refractivity contribution in [2.45, 2.75) is 25.2 Å². The molecular formula is C12H15NO2S. The van der Waals surface area contributed by atoms with E-state index >= 15 is 0 Å². The summed E-state index contributed by atoms with van der Waals surface area (Å²) in [4.78, 5) is 0.368. The minimum Gasteiger partial charge on any atom is -0.270 e. The molecule has 0 spiro atoms. The van der Waals surface area contributed by atoms with Crippen molar-refractivity contribution in [3.63, 3.8) is 0 Å². The van der Waals surface area contributed by atoms with Crippen molar-refractivity contribution >= 4 is 10.0 Å². The Labute approximate surface area is 96.4 Å². The fourth-order valence-corrected chi connectivity index (χ4v) is 3.35. The van der Waals surface area contributed by atoms with Crippen LogP contribution in [0.5, 0.6) is 0 Å². The van der Waals surface area contributed by atoms with Crippen LogP contribution in [0.15, 0.2) is 40.9 Å². The van der Waals surface area contributed by atoms with Gasteiger partial charge in [-0.25, -0.2) is 8.42 Å². The zero-order chi connectivity index (χ0) is 11.8. The lowest BCUT2D eigenvalue weighted by atomic mass is 10.2. The van der Waals surface area contributed by atoms with Crippen LogP contribution < -0.4 is 0 Å². The average Bonchev–Trinajstić information content (AvgIpc) is 2.66. The van der Waals surface area contributed by atoms with E-state index in [2.05, 4.69) is 0 Å². The first-order valence-corrected chi connectivity index (χ1v) is 6.72. The number of hydrogen-bond donors (Lipinski definition) is 0. The van der Waals surface area contributed by atoms with Crippen molar-refractivity contribution in [3.8, 4) is 0 Å². The van der Waals surface area contributed by atoms with Crippen LogP contribution in [0.25, 0.3) is 0 Å². The summed E-state index contributed by atoms with van der Waals surface area (Å²) in [5, 5.41) is 0. The third-order valence-electron chi connectivity index (χ3n) is 2.77. The molecule has 0 N–H and O–H groups in total. The second kappa shape index (κ2) is 3.94. The molecule has 1 aliphatic heterocycles. The first-order valence-electron chi connectivity index (χ1n) is 5.28. The number of rotatable bonds is 2. The van der Waals surface area contributed by atoms with Crippen LogP contribution in [-0.2, 0) is 10.0 Å². The lowest BCUT2D eigenvalue weighted by Gasteiger charge is -2.20. The van der Waals surface area contributed by atoms with Gasteiger partial charge in [0.15, 0.2) is 0 Å². The molecule has 2 rings (SSSR count). The molecule has 0 atom stereocenters. The van der Waals surface area contributed by atoms with Crippen LogP contribution in [0.1, 0.15) is 18.9 Å². The second-order valence-electron chi connectivity index (χ2n) is 4.02. The zero-order valence-electron chi connectivity index (χ0n) is 9.47. The van der Waals surface area contributed by atoms with E-state index in [1.165, 1.54) is 4.31 Å². The Morgan fingerprint density at radius 2 is 1.75 bits per heavy atom. The second-order valence-corrected chi connectivity index (χ2v) is 5.89. The van der Waals surface area contributed by atoms with Crippen molar-refractivity contribution in [1.29, 1.82) is 0 Å². The summed E-state index contributed by atoms with van der Waals surface area (Å²) in [5.74, 6) is 0. The molecule has 0 fully saturated rings. The monoisotopic (exact) mass is 237 g/mol. The first kappa shape index (κ1) is 11.2. The van der Waals surface area contributed by atoms with E-state index in [1.54, 1.807) is 12.1 Å². The molecule has 0 amide bonds. The van der Waals surface area contributed by atoms with Gasteiger partial charge >= 0.3 is 0 Å². The minimum absolute atomic E-state index is 0.368. The van der Waals surface area contributed by atoms with Crippen molar-refractivity contribution in [1.82, 2.24) is 4.31 Å². The van der Waals surface area contributed by atoms with Crippen LogP contribution >= 0.6 is 0 Å². The van der Waals surface area contributed by atoms with Gasteiger partial charge in [-0.15, -0.1) is 0 Å². The fraction of sp³-hybridized carbons (Fsp3) is 0.333. The molecule has 4 heteroatoms. The molecule has 86 valence electrons. The van der Waals surface area contributed by atoms with Gasteiger partial charge in [-0.05, 0) is 32.4 Å². The third kappa shape index (κ3) is 1.85. The quantitative estimate of drug-likeness (QED) is 0.791. The smallest absolute Gasteiger partial charge is 0.264 e. The van der Waals surface area contributed by atoms with Crippen LogP contribution in [0.3, 0.4) is 0 Å². The van der Waals surface area contributed by atoms with E-state index in [4.69, 9.17) is 0 Å². The van der Waals surface area contributed by atoms with Crippen LogP contribution in [0.4, 0.5) is 0 Å². The van der Waals surface area contributed by atoms with Gasteiger partial charge in [-0.3, -0.25) is 4.31 Å². The molecule has 1 aromatic rings. The van der Waals surface area contributed by atoms with Crippen LogP contribution in [0.2, 0.25) is 0 Å². The molecular weight excluding hydrogens is 222 g/mol. The SMILES string of the molecule is CC1=CCCN1S(=O)(=O)c1ccc(C)cc1. The van der Waals surface area contributed by atoms with Crippen LogP contribution in [-0.4, -0.2) is 19.3 Å². The third-order valence-corrected chi connectivity index (χ3v) is 4.69. The van der Waals surface area contributed by atoms with Gasteiger partial charge < -0.3 is 0 Å². The van der Waals surface area contributed by atoms with Gasteiger partial charge in [0.05, 0.1) is 4.90 Å². The molecule has 0 aliphatic carbocycles. The predicted molar refractivity (Wildman–Crippen MR) is 63.4 cm³/mol. The molecule has 1 heterocycles. The summed E-state index contributed by atoms with van der Waals surface area (Å²) in [7, 11) is -3.34. The summed E-state index contributed by atoms with van der Waals surface area (Å²) >= 11 is 0. The van der Waals surface area contributed by atoms with Gasteiger partial charge in [-0.2, -0.15) is 0 Å². The number of hydrogen-bond acceptors (Lipinski definition) is 2. The average molecular weight is 237 g/mol. The summed E-state index contributed by atoms with van der Waals surface area (Å²) in [6.07, 6.45) is 2.75. The Morgan fingerprint density at radius 1 is 1.12 bits per heavy atom. The minimum atomic E-state index is -3.34. The van der Waals surface area contributed by atoms with Crippen molar-refractivity contribution in [3.05, 3.63) is 41.6 Å². The topological polar surface area (TPSA) is 37.4 Å². The van der Waals surface area contributed by atoms with Gasteiger partial charge in [0.25, 0.3) is 10.0 Å². The number of allylic oxidation sites excluding steroid dienone is 1. The Hall–Kier alpha value is -1.29. The summed E-state index contributed by atoms with van der Waals surface area (Å²) < 4.78 is 26.0. The molecule has 1 aliphatic rings. The number of benzene rings is 1. The van der Waals surface area contributed by atoms with E-state index in [0.717, 1.165) is 17.7 Å². The van der Waals surface area contributed by atoms with E-state index in [-0.39, 0.29) is 0 Å². The fourth-order valence-electron chi connectivity index (χ4n) is 1.82. The largest absolute Gasteiger partial charge is 0.270 e.